The van der Waals surface area contributed by atoms with Gasteiger partial charge in [0.2, 0.25) is 5.88 Å². The molecule has 0 fully saturated rings. The zero-order valence-corrected chi connectivity index (χ0v) is 18.4. The number of hydrogen-bond acceptors (Lipinski definition) is 6. The van der Waals surface area contributed by atoms with Gasteiger partial charge in [0.1, 0.15) is 5.56 Å². The molecule has 2 heterocycles. The number of carbonyl (C=O) groups excluding carboxylic acids is 1. The monoisotopic (exact) mass is 422 g/mol. The lowest BCUT2D eigenvalue weighted by atomic mass is 9.92. The quantitative estimate of drug-likeness (QED) is 0.497. The van der Waals surface area contributed by atoms with E-state index in [0.717, 1.165) is 29.7 Å². The van der Waals surface area contributed by atoms with Gasteiger partial charge in [0.05, 0.1) is 11.9 Å². The molecule has 1 aromatic heterocycles. The highest BCUT2D eigenvalue weighted by molar-refractivity contribution is 7.99. The molecular weight excluding hydrogens is 396 g/mol. The second kappa shape index (κ2) is 8.29. The normalized spacial score (nSPS) is 14.0. The molecule has 0 atom stereocenters. The van der Waals surface area contributed by atoms with Crippen molar-refractivity contribution in [3.63, 3.8) is 0 Å². The van der Waals surface area contributed by atoms with Gasteiger partial charge in [0, 0.05) is 17.0 Å². The number of nitrogens with zero attached hydrogens (tertiary/aromatic N) is 2. The standard InChI is InChI=1S/C20H26N2O4S2/c1-5-10-28(24,25)26-20-17(12-21-22(20)6-2)18(23)16-11-13(3)19-15(14(16)4)8-7-9-27-19/h11-12H,5-10H2,1-4H3. The Hall–Kier alpha value is -1.80. The molecule has 0 saturated carbocycles. The van der Waals surface area contributed by atoms with Gasteiger partial charge in [-0.25, -0.2) is 4.68 Å². The second-order valence-electron chi connectivity index (χ2n) is 6.98. The first kappa shape index (κ1) is 20.9. The topological polar surface area (TPSA) is 78.3 Å². The maximum absolute atomic E-state index is 13.4. The predicted octanol–water partition coefficient (Wildman–Crippen LogP) is 3.91. The minimum absolute atomic E-state index is 0.00472. The molecular formula is C20H26N2O4S2. The molecule has 0 spiro atoms. The SMILES string of the molecule is CCCS(=O)(=O)Oc1c(C(=O)c2cc(C)c3c(c2C)CCCS3)cnn1CC. The molecule has 1 aromatic carbocycles. The summed E-state index contributed by atoms with van der Waals surface area (Å²) in [5, 5.41) is 4.17. The third kappa shape index (κ3) is 3.98. The lowest BCUT2D eigenvalue weighted by Crippen LogP contribution is -2.18. The maximum Gasteiger partial charge on any atom is 0.310 e. The van der Waals surface area contributed by atoms with Crippen LogP contribution < -0.4 is 4.18 Å². The summed E-state index contributed by atoms with van der Waals surface area (Å²) in [4.78, 5) is 14.6. The van der Waals surface area contributed by atoms with E-state index in [2.05, 4.69) is 5.10 Å². The Kier molecular flexibility index (Phi) is 6.19. The number of fused-ring (bicyclic) bond motifs is 1. The summed E-state index contributed by atoms with van der Waals surface area (Å²) in [6.07, 6.45) is 3.89. The van der Waals surface area contributed by atoms with Crippen molar-refractivity contribution in [1.82, 2.24) is 9.78 Å². The number of rotatable bonds is 7. The van der Waals surface area contributed by atoms with Gasteiger partial charge in [-0.15, -0.1) is 11.8 Å². The maximum atomic E-state index is 13.4. The van der Waals surface area contributed by atoms with Crippen LogP contribution in [-0.2, 0) is 23.1 Å². The first-order chi connectivity index (χ1) is 13.3. The molecule has 28 heavy (non-hydrogen) atoms. The van der Waals surface area contributed by atoms with Crippen LogP contribution in [0.1, 0.15) is 59.3 Å². The van der Waals surface area contributed by atoms with Crippen LogP contribution in [0.3, 0.4) is 0 Å². The number of thioether (sulfide) groups is 1. The van der Waals surface area contributed by atoms with Crippen molar-refractivity contribution in [3.8, 4) is 5.88 Å². The van der Waals surface area contributed by atoms with Gasteiger partial charge in [-0.2, -0.15) is 13.5 Å². The number of aryl methyl sites for hydroxylation is 2. The molecule has 152 valence electrons. The van der Waals surface area contributed by atoms with Crippen LogP contribution in [0.2, 0.25) is 0 Å². The van der Waals surface area contributed by atoms with E-state index in [1.807, 2.05) is 38.6 Å². The minimum Gasteiger partial charge on any atom is -0.361 e. The van der Waals surface area contributed by atoms with Gasteiger partial charge < -0.3 is 4.18 Å². The molecule has 0 unspecified atom stereocenters. The average Bonchev–Trinajstić information content (AvgIpc) is 3.05. The third-order valence-corrected chi connectivity index (χ3v) is 7.58. The largest absolute Gasteiger partial charge is 0.361 e. The van der Waals surface area contributed by atoms with Gasteiger partial charge in [-0.3, -0.25) is 4.79 Å². The molecule has 6 nitrogen and oxygen atoms in total. The molecule has 0 amide bonds. The van der Waals surface area contributed by atoms with Crippen molar-refractivity contribution in [2.24, 2.45) is 0 Å². The first-order valence-corrected chi connectivity index (χ1v) is 12.1. The van der Waals surface area contributed by atoms with Crippen LogP contribution in [0.25, 0.3) is 0 Å². The molecule has 0 aliphatic carbocycles. The van der Waals surface area contributed by atoms with E-state index in [-0.39, 0.29) is 23.0 Å². The van der Waals surface area contributed by atoms with E-state index < -0.39 is 10.1 Å². The highest BCUT2D eigenvalue weighted by Crippen LogP contribution is 2.37. The summed E-state index contributed by atoms with van der Waals surface area (Å²) >= 11 is 1.84. The van der Waals surface area contributed by atoms with Crippen LogP contribution in [0, 0.1) is 13.8 Å². The molecule has 0 saturated heterocycles. The molecule has 8 heteroatoms. The Morgan fingerprint density at radius 3 is 2.71 bits per heavy atom. The molecule has 1 aliphatic rings. The number of hydrogen-bond donors (Lipinski definition) is 0. The molecule has 2 aromatic rings. The summed E-state index contributed by atoms with van der Waals surface area (Å²) in [5.41, 5.74) is 4.05. The summed E-state index contributed by atoms with van der Waals surface area (Å²) in [6.45, 7) is 7.98. The molecule has 0 radical (unpaired) electrons. The Balaban J connectivity index is 2.07. The van der Waals surface area contributed by atoms with E-state index >= 15 is 0 Å². The van der Waals surface area contributed by atoms with Crippen LogP contribution in [0.15, 0.2) is 17.2 Å². The molecule has 3 rings (SSSR count). The Bertz CT molecular complexity index is 1010. The van der Waals surface area contributed by atoms with Crippen LogP contribution in [0.5, 0.6) is 5.88 Å². The van der Waals surface area contributed by atoms with Crippen molar-refractivity contribution < 1.29 is 17.4 Å². The van der Waals surface area contributed by atoms with Crippen LogP contribution in [-0.4, -0.2) is 35.5 Å². The van der Waals surface area contributed by atoms with Gasteiger partial charge in [-0.1, -0.05) is 6.92 Å². The smallest absolute Gasteiger partial charge is 0.310 e. The van der Waals surface area contributed by atoms with E-state index in [1.165, 1.54) is 21.3 Å². The fourth-order valence-electron chi connectivity index (χ4n) is 3.52. The summed E-state index contributed by atoms with van der Waals surface area (Å²) in [5.74, 6) is 0.742. The van der Waals surface area contributed by atoms with E-state index in [9.17, 15) is 13.2 Å². The lowest BCUT2D eigenvalue weighted by Gasteiger charge is -2.22. The predicted molar refractivity (Wildman–Crippen MR) is 111 cm³/mol. The highest BCUT2D eigenvalue weighted by Gasteiger charge is 2.27. The van der Waals surface area contributed by atoms with Crippen molar-refractivity contribution in [2.45, 2.75) is 58.4 Å². The molecule has 0 bridgehead atoms. The number of benzene rings is 1. The second-order valence-corrected chi connectivity index (χ2v) is 9.77. The molecule has 1 aliphatic heterocycles. The van der Waals surface area contributed by atoms with E-state index in [0.29, 0.717) is 18.5 Å². The van der Waals surface area contributed by atoms with Gasteiger partial charge in [0.15, 0.2) is 5.78 Å². The Morgan fingerprint density at radius 1 is 1.29 bits per heavy atom. The number of ketones is 1. The third-order valence-electron chi connectivity index (χ3n) is 4.91. The fraction of sp³-hybridized carbons (Fsp3) is 0.500. The zero-order valence-electron chi connectivity index (χ0n) is 16.7. The zero-order chi connectivity index (χ0) is 20.5. The van der Waals surface area contributed by atoms with Crippen molar-refractivity contribution >= 4 is 27.7 Å². The summed E-state index contributed by atoms with van der Waals surface area (Å²) in [6, 6.07) is 1.91. The van der Waals surface area contributed by atoms with Crippen LogP contribution >= 0.6 is 11.8 Å². The van der Waals surface area contributed by atoms with E-state index in [1.54, 1.807) is 6.92 Å². The lowest BCUT2D eigenvalue weighted by molar-refractivity contribution is 0.103. The summed E-state index contributed by atoms with van der Waals surface area (Å²) in [7, 11) is -3.77. The number of carbonyl (C=O) groups is 1. The van der Waals surface area contributed by atoms with Crippen molar-refractivity contribution in [2.75, 3.05) is 11.5 Å². The van der Waals surface area contributed by atoms with Crippen LogP contribution in [0.4, 0.5) is 0 Å². The van der Waals surface area contributed by atoms with Gasteiger partial charge in [0.25, 0.3) is 0 Å². The van der Waals surface area contributed by atoms with Crippen molar-refractivity contribution in [1.29, 1.82) is 0 Å². The van der Waals surface area contributed by atoms with Gasteiger partial charge in [-0.05, 0) is 68.5 Å². The van der Waals surface area contributed by atoms with Gasteiger partial charge >= 0.3 is 10.1 Å². The molecule has 0 N–H and O–H groups in total. The average molecular weight is 423 g/mol. The Labute approximate surface area is 170 Å². The number of aromatic nitrogens is 2. The van der Waals surface area contributed by atoms with E-state index in [4.69, 9.17) is 4.18 Å². The highest BCUT2D eigenvalue weighted by atomic mass is 32.2. The van der Waals surface area contributed by atoms with Crippen molar-refractivity contribution in [3.05, 3.63) is 40.1 Å². The summed E-state index contributed by atoms with van der Waals surface area (Å²) < 4.78 is 31.1. The first-order valence-electron chi connectivity index (χ1n) is 9.57. The Morgan fingerprint density at radius 2 is 2.04 bits per heavy atom. The minimum atomic E-state index is -3.77. The fourth-order valence-corrected chi connectivity index (χ4v) is 5.73.